The average Bonchev–Trinajstić information content (AvgIpc) is 2.88. The second kappa shape index (κ2) is 10.6. The number of nitrogens with zero attached hydrogens (tertiary/aromatic N) is 1. The van der Waals surface area contributed by atoms with Crippen molar-refractivity contribution in [1.82, 2.24) is 0 Å². The van der Waals surface area contributed by atoms with E-state index in [1.54, 1.807) is 0 Å². The number of hydrogen-bond donors (Lipinski definition) is 0. The van der Waals surface area contributed by atoms with Gasteiger partial charge in [0, 0.05) is 12.5 Å². The summed E-state index contributed by atoms with van der Waals surface area (Å²) in [5.41, 5.74) is 3.66. The van der Waals surface area contributed by atoms with Gasteiger partial charge < -0.3 is 17.3 Å². The number of halogens is 4. The van der Waals surface area contributed by atoms with E-state index in [1.165, 1.54) is 61.7 Å². The molecule has 23 heavy (non-hydrogen) atoms. The van der Waals surface area contributed by atoms with E-state index in [4.69, 9.17) is 0 Å². The lowest BCUT2D eigenvalue weighted by molar-refractivity contribution is -0.667. The van der Waals surface area contributed by atoms with E-state index in [1.807, 2.05) is 11.3 Å². The van der Waals surface area contributed by atoms with Crippen molar-refractivity contribution in [3.63, 3.8) is 0 Å². The fourth-order valence-corrected chi connectivity index (χ4v) is 3.31. The third kappa shape index (κ3) is 9.59. The van der Waals surface area contributed by atoms with E-state index in [0.717, 1.165) is 0 Å². The van der Waals surface area contributed by atoms with Gasteiger partial charge in [-0.25, -0.2) is 0 Å². The van der Waals surface area contributed by atoms with E-state index >= 15 is 0 Å². The van der Waals surface area contributed by atoms with Crippen LogP contribution in [0.1, 0.15) is 51.9 Å². The van der Waals surface area contributed by atoms with Crippen LogP contribution in [-0.2, 0) is 6.54 Å². The van der Waals surface area contributed by atoms with Gasteiger partial charge in [-0.2, -0.15) is 4.57 Å². The fourth-order valence-electron chi connectivity index (χ4n) is 2.38. The maximum atomic E-state index is 9.75. The van der Waals surface area contributed by atoms with E-state index in [-0.39, 0.29) is 0 Å². The molecule has 2 aromatic rings. The lowest BCUT2D eigenvalue weighted by atomic mass is 10.1. The topological polar surface area (TPSA) is 3.88 Å². The Balaban J connectivity index is 0.000000463. The van der Waals surface area contributed by atoms with Crippen LogP contribution in [-0.4, -0.2) is 7.25 Å². The predicted octanol–water partition coefficient (Wildman–Crippen LogP) is 6.24. The molecule has 0 unspecified atom stereocenters. The molecular weight excluding hydrogens is 325 g/mol. The van der Waals surface area contributed by atoms with Crippen molar-refractivity contribution < 1.29 is 21.8 Å². The normalized spacial score (nSPS) is 11.3. The van der Waals surface area contributed by atoms with Crippen LogP contribution < -0.4 is 4.57 Å². The summed E-state index contributed by atoms with van der Waals surface area (Å²) in [6.45, 7) is 3.45. The van der Waals surface area contributed by atoms with Crippen molar-refractivity contribution >= 4 is 28.8 Å². The number of fused-ring (bicyclic) bond motifs is 1. The summed E-state index contributed by atoms with van der Waals surface area (Å²) in [7, 11) is -6.00. The van der Waals surface area contributed by atoms with Gasteiger partial charge in [0.25, 0.3) is 0 Å². The maximum Gasteiger partial charge on any atom is 0.673 e. The molecule has 0 atom stereocenters. The van der Waals surface area contributed by atoms with Crippen molar-refractivity contribution in [2.45, 2.75) is 58.4 Å². The molecule has 130 valence electrons. The molecule has 0 fully saturated rings. The maximum absolute atomic E-state index is 9.75. The van der Waals surface area contributed by atoms with Crippen LogP contribution in [0.15, 0.2) is 29.8 Å². The number of thiazole rings is 1. The zero-order valence-corrected chi connectivity index (χ0v) is 14.3. The first-order chi connectivity index (χ1) is 10.9. The van der Waals surface area contributed by atoms with Crippen LogP contribution in [0.4, 0.5) is 17.3 Å². The molecule has 0 aliphatic carbocycles. The van der Waals surface area contributed by atoms with Crippen LogP contribution in [0, 0.1) is 0 Å². The molecule has 0 aliphatic rings. The first kappa shape index (κ1) is 19.9. The molecule has 1 nitrogen and oxygen atoms in total. The van der Waals surface area contributed by atoms with Gasteiger partial charge in [0.1, 0.15) is 11.2 Å². The molecule has 1 aromatic heterocycles. The third-order valence-electron chi connectivity index (χ3n) is 3.48. The molecule has 0 aliphatic heterocycles. The quantitative estimate of drug-likeness (QED) is 0.230. The molecule has 2 rings (SSSR count). The van der Waals surface area contributed by atoms with Crippen molar-refractivity contribution in [2.24, 2.45) is 0 Å². The van der Waals surface area contributed by atoms with E-state index < -0.39 is 7.25 Å². The van der Waals surface area contributed by atoms with Crippen molar-refractivity contribution in [2.75, 3.05) is 0 Å². The molecule has 0 spiro atoms. The molecule has 0 N–H and O–H groups in total. The lowest BCUT2D eigenvalue weighted by Crippen LogP contribution is -2.31. The molecule has 1 heterocycles. The molecule has 0 saturated heterocycles. The lowest BCUT2D eigenvalue weighted by Gasteiger charge is -1.98. The summed E-state index contributed by atoms with van der Waals surface area (Å²) in [4.78, 5) is 0. The van der Waals surface area contributed by atoms with Gasteiger partial charge in [0.2, 0.25) is 11.0 Å². The summed E-state index contributed by atoms with van der Waals surface area (Å²) in [6.07, 6.45) is 9.69. The Morgan fingerprint density at radius 3 is 2.13 bits per heavy atom. The highest BCUT2D eigenvalue weighted by atomic mass is 32.1. The Labute approximate surface area is 139 Å². The highest BCUT2D eigenvalue weighted by Gasteiger charge is 2.20. The standard InChI is InChI=1S/C16H24NS.BF4/c1-2-3-4-5-6-7-10-13-17-14-18-16-12-9-8-11-15(16)17;2-1(3,4)5/h8-9,11-12,14H,2-7,10,13H2,1H3;/q+1;-1. The van der Waals surface area contributed by atoms with Gasteiger partial charge >= 0.3 is 7.25 Å². The Morgan fingerprint density at radius 1 is 0.913 bits per heavy atom. The molecule has 1 aromatic carbocycles. The summed E-state index contributed by atoms with van der Waals surface area (Å²) < 4.78 is 42.8. The van der Waals surface area contributed by atoms with Crippen LogP contribution in [0.3, 0.4) is 0 Å². The number of rotatable bonds is 8. The van der Waals surface area contributed by atoms with Gasteiger partial charge in [-0.15, -0.1) is 0 Å². The minimum atomic E-state index is -6.00. The number of benzene rings is 1. The predicted molar refractivity (Wildman–Crippen MR) is 90.2 cm³/mol. The highest BCUT2D eigenvalue weighted by Crippen LogP contribution is 2.15. The zero-order chi connectivity index (χ0) is 17.1. The van der Waals surface area contributed by atoms with Gasteiger partial charge in [-0.3, -0.25) is 0 Å². The number of aryl methyl sites for hydroxylation is 1. The Hall–Kier alpha value is -1.11. The van der Waals surface area contributed by atoms with Crippen LogP contribution >= 0.6 is 11.3 Å². The Kier molecular flexibility index (Phi) is 9.21. The first-order valence-corrected chi connectivity index (χ1v) is 9.02. The molecule has 0 amide bonds. The smallest absolute Gasteiger partial charge is 0.418 e. The van der Waals surface area contributed by atoms with Crippen LogP contribution in [0.25, 0.3) is 10.2 Å². The van der Waals surface area contributed by atoms with Gasteiger partial charge in [-0.1, -0.05) is 62.5 Å². The number of hydrogen-bond acceptors (Lipinski definition) is 1. The van der Waals surface area contributed by atoms with E-state index in [0.29, 0.717) is 0 Å². The second-order valence-electron chi connectivity index (χ2n) is 5.50. The number of para-hydroxylation sites is 1. The van der Waals surface area contributed by atoms with Crippen LogP contribution in [0.2, 0.25) is 0 Å². The minimum Gasteiger partial charge on any atom is -0.418 e. The monoisotopic (exact) mass is 349 g/mol. The van der Waals surface area contributed by atoms with E-state index in [2.05, 4.69) is 41.3 Å². The second-order valence-corrected chi connectivity index (χ2v) is 6.39. The average molecular weight is 349 g/mol. The van der Waals surface area contributed by atoms with Crippen LogP contribution in [0.5, 0.6) is 0 Å². The number of unbranched alkanes of at least 4 members (excludes halogenated alkanes) is 6. The minimum absolute atomic E-state index is 1.18. The Bertz CT molecular complexity index is 550. The third-order valence-corrected chi connectivity index (χ3v) is 4.44. The summed E-state index contributed by atoms with van der Waals surface area (Å²) in [5, 5.41) is 0. The van der Waals surface area contributed by atoms with Gasteiger partial charge in [0.15, 0.2) is 0 Å². The summed E-state index contributed by atoms with van der Waals surface area (Å²) in [6, 6.07) is 8.70. The summed E-state index contributed by atoms with van der Waals surface area (Å²) >= 11 is 1.85. The molecule has 0 radical (unpaired) electrons. The number of aromatic nitrogens is 1. The van der Waals surface area contributed by atoms with Gasteiger partial charge in [-0.05, 0) is 12.5 Å². The zero-order valence-electron chi connectivity index (χ0n) is 13.5. The summed E-state index contributed by atoms with van der Waals surface area (Å²) in [5.74, 6) is 0. The SMILES string of the molecule is CCCCCCCCC[n+]1csc2ccccc21.F[B-](F)(F)F. The van der Waals surface area contributed by atoms with Gasteiger partial charge in [0.05, 0.1) is 0 Å². The van der Waals surface area contributed by atoms with Crippen molar-refractivity contribution in [3.8, 4) is 0 Å². The van der Waals surface area contributed by atoms with E-state index in [9.17, 15) is 17.3 Å². The molecule has 0 bridgehead atoms. The van der Waals surface area contributed by atoms with Crippen molar-refractivity contribution in [1.29, 1.82) is 0 Å². The first-order valence-electron chi connectivity index (χ1n) is 8.15. The largest absolute Gasteiger partial charge is 0.673 e. The Morgan fingerprint density at radius 2 is 1.48 bits per heavy atom. The molecule has 7 heteroatoms. The van der Waals surface area contributed by atoms with Crippen molar-refractivity contribution in [3.05, 3.63) is 29.8 Å². The fraction of sp³-hybridized carbons (Fsp3) is 0.562. The molecular formula is C16H24BF4NS. The highest BCUT2D eigenvalue weighted by molar-refractivity contribution is 7.16. The molecule has 0 saturated carbocycles.